The standard InChI is InChI=1S/C16H22ClFN2/c1-4-16(5-2,6-3)20-13-9-7-8-12(18)15(13)19-14(20)10-11-17/h7-9H,4-6,10-11H2,1-3H3. The average molecular weight is 297 g/mol. The van der Waals surface area contributed by atoms with Crippen LogP contribution in [0.4, 0.5) is 4.39 Å². The number of hydrogen-bond donors (Lipinski definition) is 0. The number of alkyl halides is 1. The van der Waals surface area contributed by atoms with Crippen LogP contribution in [0.15, 0.2) is 18.2 Å². The first-order chi connectivity index (χ1) is 9.63. The smallest absolute Gasteiger partial charge is 0.151 e. The van der Waals surface area contributed by atoms with Crippen LogP contribution in [0.1, 0.15) is 45.9 Å². The first-order valence-corrected chi connectivity index (χ1v) is 7.89. The van der Waals surface area contributed by atoms with E-state index in [1.807, 2.05) is 6.07 Å². The molecule has 0 unspecified atom stereocenters. The van der Waals surface area contributed by atoms with Gasteiger partial charge in [-0.05, 0) is 31.4 Å². The lowest BCUT2D eigenvalue weighted by atomic mass is 9.89. The first-order valence-electron chi connectivity index (χ1n) is 7.35. The van der Waals surface area contributed by atoms with Crippen molar-refractivity contribution in [3.8, 4) is 0 Å². The Labute approximate surface area is 125 Å². The number of hydrogen-bond acceptors (Lipinski definition) is 1. The summed E-state index contributed by atoms with van der Waals surface area (Å²) < 4.78 is 16.2. The summed E-state index contributed by atoms with van der Waals surface area (Å²) in [6.45, 7) is 6.55. The summed E-state index contributed by atoms with van der Waals surface area (Å²) in [6, 6.07) is 5.18. The minimum atomic E-state index is -0.255. The zero-order valence-corrected chi connectivity index (χ0v) is 13.2. The van der Waals surface area contributed by atoms with E-state index in [0.29, 0.717) is 17.8 Å². The predicted molar refractivity (Wildman–Crippen MR) is 83.0 cm³/mol. The zero-order chi connectivity index (χ0) is 14.8. The fourth-order valence-corrected chi connectivity index (χ4v) is 3.29. The Morgan fingerprint density at radius 3 is 2.40 bits per heavy atom. The quantitative estimate of drug-likeness (QED) is 0.695. The normalized spacial score (nSPS) is 12.2. The molecule has 2 nitrogen and oxygen atoms in total. The number of fused-ring (bicyclic) bond motifs is 1. The van der Waals surface area contributed by atoms with E-state index in [1.165, 1.54) is 6.07 Å². The molecule has 0 aliphatic heterocycles. The van der Waals surface area contributed by atoms with Gasteiger partial charge in [-0.2, -0.15) is 0 Å². The van der Waals surface area contributed by atoms with Crippen molar-refractivity contribution in [2.45, 2.75) is 52.0 Å². The van der Waals surface area contributed by atoms with Gasteiger partial charge in [-0.3, -0.25) is 0 Å². The first kappa shape index (κ1) is 15.3. The molecule has 0 aliphatic carbocycles. The molecule has 0 radical (unpaired) electrons. The Balaban J connectivity index is 2.77. The molecule has 4 heteroatoms. The highest BCUT2D eigenvalue weighted by Crippen LogP contribution is 2.35. The van der Waals surface area contributed by atoms with Gasteiger partial charge in [0, 0.05) is 17.8 Å². The molecule has 0 fully saturated rings. The van der Waals surface area contributed by atoms with Gasteiger partial charge in [0.05, 0.1) is 5.52 Å². The van der Waals surface area contributed by atoms with Gasteiger partial charge in [0.2, 0.25) is 0 Å². The van der Waals surface area contributed by atoms with Crippen molar-refractivity contribution in [3.05, 3.63) is 29.8 Å². The van der Waals surface area contributed by atoms with Gasteiger partial charge in [0.1, 0.15) is 11.3 Å². The SMILES string of the molecule is CCC(CC)(CC)n1c(CCCl)nc2c(F)cccc21. The Morgan fingerprint density at radius 1 is 1.20 bits per heavy atom. The molecule has 1 aromatic carbocycles. The molecule has 0 saturated heterocycles. The van der Waals surface area contributed by atoms with Crippen molar-refractivity contribution >= 4 is 22.6 Å². The zero-order valence-electron chi connectivity index (χ0n) is 12.4. The summed E-state index contributed by atoms with van der Waals surface area (Å²) in [6.07, 6.45) is 3.66. The van der Waals surface area contributed by atoms with Gasteiger partial charge in [0.15, 0.2) is 5.82 Å². The summed E-state index contributed by atoms with van der Waals surface area (Å²) in [5.41, 5.74) is 1.34. The molecule has 0 N–H and O–H groups in total. The fraction of sp³-hybridized carbons (Fsp3) is 0.562. The van der Waals surface area contributed by atoms with Crippen molar-refractivity contribution < 1.29 is 4.39 Å². The number of aromatic nitrogens is 2. The highest BCUT2D eigenvalue weighted by Gasteiger charge is 2.30. The molecule has 2 rings (SSSR count). The molecule has 1 heterocycles. The molecule has 0 spiro atoms. The molecule has 0 bridgehead atoms. The number of rotatable bonds is 6. The van der Waals surface area contributed by atoms with E-state index in [1.54, 1.807) is 6.07 Å². The van der Waals surface area contributed by atoms with Crippen molar-refractivity contribution in [2.75, 3.05) is 5.88 Å². The van der Waals surface area contributed by atoms with E-state index in [9.17, 15) is 4.39 Å². The van der Waals surface area contributed by atoms with E-state index in [4.69, 9.17) is 11.6 Å². The molecular weight excluding hydrogens is 275 g/mol. The largest absolute Gasteiger partial charge is 0.322 e. The molecule has 0 saturated carbocycles. The van der Waals surface area contributed by atoms with Crippen molar-refractivity contribution in [2.24, 2.45) is 0 Å². The van der Waals surface area contributed by atoms with Crippen molar-refractivity contribution in [1.29, 1.82) is 0 Å². The maximum absolute atomic E-state index is 14.0. The van der Waals surface area contributed by atoms with Crippen LogP contribution < -0.4 is 0 Å². The van der Waals surface area contributed by atoms with Gasteiger partial charge in [0.25, 0.3) is 0 Å². The van der Waals surface area contributed by atoms with Crippen LogP contribution in [-0.2, 0) is 12.0 Å². The van der Waals surface area contributed by atoms with Crippen LogP contribution in [0.3, 0.4) is 0 Å². The maximum atomic E-state index is 14.0. The minimum absolute atomic E-state index is 0.00998. The third kappa shape index (κ3) is 2.32. The summed E-state index contributed by atoms with van der Waals surface area (Å²) >= 11 is 5.91. The number of para-hydroxylation sites is 1. The molecule has 110 valence electrons. The van der Waals surface area contributed by atoms with E-state index in [-0.39, 0.29) is 11.4 Å². The van der Waals surface area contributed by atoms with Gasteiger partial charge < -0.3 is 4.57 Å². The topological polar surface area (TPSA) is 17.8 Å². The summed E-state index contributed by atoms with van der Waals surface area (Å²) in [4.78, 5) is 4.52. The predicted octanol–water partition coefficient (Wildman–Crippen LogP) is 4.88. The van der Waals surface area contributed by atoms with E-state index in [0.717, 1.165) is 30.6 Å². The Bertz CT molecular complexity index is 579. The van der Waals surface area contributed by atoms with Crippen LogP contribution in [0.25, 0.3) is 11.0 Å². The highest BCUT2D eigenvalue weighted by molar-refractivity contribution is 6.17. The summed E-state index contributed by atoms with van der Waals surface area (Å²) in [5.74, 6) is 1.14. The van der Waals surface area contributed by atoms with E-state index >= 15 is 0 Å². The van der Waals surface area contributed by atoms with Gasteiger partial charge in [-0.1, -0.05) is 26.8 Å². The molecule has 2 aromatic rings. The molecule has 0 amide bonds. The summed E-state index contributed by atoms with van der Waals surface area (Å²) in [5, 5.41) is 0. The molecule has 0 atom stereocenters. The molecule has 0 aliphatic rings. The Kier molecular flexibility index (Phi) is 4.69. The third-order valence-corrected chi connectivity index (χ3v) is 4.66. The van der Waals surface area contributed by atoms with Gasteiger partial charge in [-0.25, -0.2) is 9.37 Å². The van der Waals surface area contributed by atoms with E-state index < -0.39 is 0 Å². The van der Waals surface area contributed by atoms with Crippen LogP contribution in [0, 0.1) is 5.82 Å². The number of aryl methyl sites for hydroxylation is 1. The van der Waals surface area contributed by atoms with Crippen LogP contribution >= 0.6 is 11.6 Å². The average Bonchev–Trinajstić information content (AvgIpc) is 2.83. The number of nitrogens with zero attached hydrogens (tertiary/aromatic N) is 2. The second-order valence-corrected chi connectivity index (χ2v) is 5.57. The monoisotopic (exact) mass is 296 g/mol. The van der Waals surface area contributed by atoms with Gasteiger partial charge in [-0.15, -0.1) is 11.6 Å². The van der Waals surface area contributed by atoms with Gasteiger partial charge >= 0.3 is 0 Å². The molecule has 20 heavy (non-hydrogen) atoms. The lowest BCUT2D eigenvalue weighted by Crippen LogP contribution is -2.33. The van der Waals surface area contributed by atoms with Crippen LogP contribution in [0.2, 0.25) is 0 Å². The fourth-order valence-electron chi connectivity index (χ4n) is 3.12. The molecular formula is C16H22ClFN2. The lowest BCUT2D eigenvalue weighted by molar-refractivity contribution is 0.251. The highest BCUT2D eigenvalue weighted by atomic mass is 35.5. The number of benzene rings is 1. The van der Waals surface area contributed by atoms with Crippen molar-refractivity contribution in [3.63, 3.8) is 0 Å². The second kappa shape index (κ2) is 6.13. The molecule has 1 aromatic heterocycles. The Morgan fingerprint density at radius 2 is 1.85 bits per heavy atom. The lowest BCUT2D eigenvalue weighted by Gasteiger charge is -2.34. The maximum Gasteiger partial charge on any atom is 0.151 e. The van der Waals surface area contributed by atoms with Crippen LogP contribution in [-0.4, -0.2) is 15.4 Å². The second-order valence-electron chi connectivity index (χ2n) is 5.19. The minimum Gasteiger partial charge on any atom is -0.322 e. The number of imidazole rings is 1. The number of halogens is 2. The Hall–Kier alpha value is -1.09. The van der Waals surface area contributed by atoms with E-state index in [2.05, 4.69) is 30.3 Å². The summed E-state index contributed by atoms with van der Waals surface area (Å²) in [7, 11) is 0. The third-order valence-electron chi connectivity index (χ3n) is 4.47. The van der Waals surface area contributed by atoms with Crippen molar-refractivity contribution in [1.82, 2.24) is 9.55 Å². The van der Waals surface area contributed by atoms with Crippen LogP contribution in [0.5, 0.6) is 0 Å².